The van der Waals surface area contributed by atoms with Gasteiger partial charge in [-0.1, -0.05) is 13.0 Å². The highest BCUT2D eigenvalue weighted by Gasteiger charge is 2.05. The minimum Gasteiger partial charge on any atom is -0.439 e. The minimum absolute atomic E-state index is 0.533. The van der Waals surface area contributed by atoms with Crippen LogP contribution in [0.15, 0.2) is 22.6 Å². The third-order valence-electron chi connectivity index (χ3n) is 2.26. The molecule has 1 aromatic heterocycles. The Morgan fingerprint density at radius 1 is 1.47 bits per heavy atom. The topological polar surface area (TPSA) is 64.1 Å². The van der Waals surface area contributed by atoms with Crippen molar-refractivity contribution in [3.63, 3.8) is 0 Å². The van der Waals surface area contributed by atoms with Gasteiger partial charge >= 0.3 is 0 Å². The molecule has 0 aliphatic carbocycles. The van der Waals surface area contributed by atoms with Crippen LogP contribution in [-0.4, -0.2) is 11.5 Å². The quantitative estimate of drug-likeness (QED) is 0.791. The Kier molecular flexibility index (Phi) is 2.99. The van der Waals surface area contributed by atoms with Crippen LogP contribution < -0.4 is 11.1 Å². The number of fused-ring (bicyclic) bond motifs is 1. The lowest BCUT2D eigenvalue weighted by Gasteiger charge is -1.93. The molecule has 0 radical (unpaired) electrons. The molecule has 0 bridgehead atoms. The highest BCUT2D eigenvalue weighted by Crippen LogP contribution is 2.16. The summed E-state index contributed by atoms with van der Waals surface area (Å²) in [5.41, 5.74) is 8.33. The van der Waals surface area contributed by atoms with Crippen molar-refractivity contribution in [3.05, 3.63) is 29.7 Å². The monoisotopic (exact) mass is 205 g/mol. The summed E-state index contributed by atoms with van der Waals surface area (Å²) in [6.45, 7) is 4.16. The number of nitrogens with zero attached hydrogens (tertiary/aromatic N) is 1. The largest absolute Gasteiger partial charge is 0.439 e. The van der Waals surface area contributed by atoms with Gasteiger partial charge < -0.3 is 15.5 Å². The number of rotatable bonds is 4. The van der Waals surface area contributed by atoms with Crippen LogP contribution >= 0.6 is 0 Å². The minimum atomic E-state index is 0.533. The van der Waals surface area contributed by atoms with Crippen molar-refractivity contribution >= 4 is 11.1 Å². The normalized spacial score (nSPS) is 11.1. The van der Waals surface area contributed by atoms with Crippen LogP contribution in [0.3, 0.4) is 0 Å². The molecule has 1 aromatic carbocycles. The number of nitrogens with one attached hydrogen (secondary N) is 1. The Morgan fingerprint density at radius 2 is 2.33 bits per heavy atom. The summed E-state index contributed by atoms with van der Waals surface area (Å²) in [6, 6.07) is 5.85. The lowest BCUT2D eigenvalue weighted by Crippen LogP contribution is -2.11. The summed E-state index contributed by atoms with van der Waals surface area (Å²) in [6.07, 6.45) is 0. The molecule has 80 valence electrons. The molecule has 0 unspecified atom stereocenters. The van der Waals surface area contributed by atoms with Gasteiger partial charge in [-0.3, -0.25) is 0 Å². The summed E-state index contributed by atoms with van der Waals surface area (Å²) in [5.74, 6) is 0.723. The van der Waals surface area contributed by atoms with Crippen LogP contribution in [0.1, 0.15) is 18.4 Å². The number of hydrogen-bond acceptors (Lipinski definition) is 4. The fourth-order valence-corrected chi connectivity index (χ4v) is 1.46. The Labute approximate surface area is 88.5 Å². The molecule has 0 fully saturated rings. The van der Waals surface area contributed by atoms with E-state index in [2.05, 4.69) is 17.2 Å². The van der Waals surface area contributed by atoms with Crippen molar-refractivity contribution in [1.82, 2.24) is 10.3 Å². The molecule has 0 amide bonds. The van der Waals surface area contributed by atoms with Crippen LogP contribution in [0.4, 0.5) is 0 Å². The van der Waals surface area contributed by atoms with Crippen LogP contribution in [0.2, 0.25) is 0 Å². The Morgan fingerprint density at radius 3 is 3.07 bits per heavy atom. The van der Waals surface area contributed by atoms with Gasteiger partial charge in [0, 0.05) is 6.54 Å². The van der Waals surface area contributed by atoms with Crippen molar-refractivity contribution in [1.29, 1.82) is 0 Å². The summed E-state index contributed by atoms with van der Waals surface area (Å²) < 4.78 is 5.56. The summed E-state index contributed by atoms with van der Waals surface area (Å²) in [5, 5.41) is 3.17. The molecule has 0 saturated carbocycles. The molecule has 0 aliphatic heterocycles. The number of benzene rings is 1. The fraction of sp³-hybridized carbons (Fsp3) is 0.364. The Hall–Kier alpha value is -1.39. The Balaban J connectivity index is 2.29. The van der Waals surface area contributed by atoms with Gasteiger partial charge in [-0.05, 0) is 24.2 Å². The van der Waals surface area contributed by atoms with Gasteiger partial charge in [-0.25, -0.2) is 4.98 Å². The predicted molar refractivity (Wildman–Crippen MR) is 59.3 cm³/mol. The van der Waals surface area contributed by atoms with E-state index in [0.29, 0.717) is 13.1 Å². The molecule has 1 heterocycles. The molecule has 2 rings (SSSR count). The first kappa shape index (κ1) is 10.1. The van der Waals surface area contributed by atoms with Gasteiger partial charge in [-0.15, -0.1) is 0 Å². The molecular formula is C11H15N3O. The number of oxazole rings is 1. The van der Waals surface area contributed by atoms with Crippen molar-refractivity contribution in [2.24, 2.45) is 5.73 Å². The molecule has 4 nitrogen and oxygen atoms in total. The standard InChI is InChI=1S/C11H15N3O/c1-2-13-7-11-14-9-5-8(6-12)3-4-10(9)15-11/h3-5,13H,2,6-7,12H2,1H3. The van der Waals surface area contributed by atoms with Crippen LogP contribution in [0.5, 0.6) is 0 Å². The lowest BCUT2D eigenvalue weighted by atomic mass is 10.2. The third kappa shape index (κ3) is 2.16. The maximum absolute atomic E-state index is 5.56. The van der Waals surface area contributed by atoms with Crippen molar-refractivity contribution in [3.8, 4) is 0 Å². The summed E-state index contributed by atoms with van der Waals surface area (Å²) in [7, 11) is 0. The zero-order valence-electron chi connectivity index (χ0n) is 8.79. The highest BCUT2D eigenvalue weighted by atomic mass is 16.3. The maximum Gasteiger partial charge on any atom is 0.209 e. The molecule has 0 aliphatic rings. The maximum atomic E-state index is 5.56. The zero-order valence-corrected chi connectivity index (χ0v) is 8.79. The molecule has 3 N–H and O–H groups in total. The Bertz CT molecular complexity index is 450. The predicted octanol–water partition coefficient (Wildman–Crippen LogP) is 1.40. The van der Waals surface area contributed by atoms with Crippen molar-refractivity contribution < 1.29 is 4.42 Å². The average Bonchev–Trinajstić information content (AvgIpc) is 2.67. The highest BCUT2D eigenvalue weighted by molar-refractivity contribution is 5.73. The molecule has 4 heteroatoms. The van der Waals surface area contributed by atoms with Crippen LogP contribution in [-0.2, 0) is 13.1 Å². The molecular weight excluding hydrogens is 190 g/mol. The first-order chi connectivity index (χ1) is 7.33. The van der Waals surface area contributed by atoms with Crippen LogP contribution in [0, 0.1) is 0 Å². The van der Waals surface area contributed by atoms with Crippen LogP contribution in [0.25, 0.3) is 11.1 Å². The SMILES string of the molecule is CCNCc1nc2cc(CN)ccc2o1. The van der Waals surface area contributed by atoms with E-state index in [-0.39, 0.29) is 0 Å². The van der Waals surface area contributed by atoms with E-state index in [1.165, 1.54) is 0 Å². The van der Waals surface area contributed by atoms with Crippen molar-refractivity contribution in [2.75, 3.05) is 6.54 Å². The van der Waals surface area contributed by atoms with E-state index in [1.807, 2.05) is 18.2 Å². The first-order valence-corrected chi connectivity index (χ1v) is 5.12. The number of nitrogens with two attached hydrogens (primary N) is 1. The van der Waals surface area contributed by atoms with Gasteiger partial charge in [-0.2, -0.15) is 0 Å². The van der Waals surface area contributed by atoms with Gasteiger partial charge in [0.25, 0.3) is 0 Å². The molecule has 15 heavy (non-hydrogen) atoms. The molecule has 2 aromatic rings. The number of hydrogen-bond donors (Lipinski definition) is 2. The van der Waals surface area contributed by atoms with Gasteiger partial charge in [0.05, 0.1) is 6.54 Å². The molecule has 0 spiro atoms. The van der Waals surface area contributed by atoms with E-state index in [0.717, 1.165) is 29.1 Å². The number of aromatic nitrogens is 1. The second-order valence-electron chi connectivity index (χ2n) is 3.39. The average molecular weight is 205 g/mol. The van der Waals surface area contributed by atoms with Gasteiger partial charge in [0.2, 0.25) is 5.89 Å². The van der Waals surface area contributed by atoms with Crippen molar-refractivity contribution in [2.45, 2.75) is 20.0 Å². The zero-order chi connectivity index (χ0) is 10.7. The summed E-state index contributed by atoms with van der Waals surface area (Å²) >= 11 is 0. The van der Waals surface area contributed by atoms with E-state index < -0.39 is 0 Å². The summed E-state index contributed by atoms with van der Waals surface area (Å²) in [4.78, 5) is 4.37. The second-order valence-corrected chi connectivity index (χ2v) is 3.39. The van der Waals surface area contributed by atoms with Gasteiger partial charge in [0.15, 0.2) is 5.58 Å². The molecule has 0 saturated heterocycles. The van der Waals surface area contributed by atoms with E-state index in [4.69, 9.17) is 10.2 Å². The first-order valence-electron chi connectivity index (χ1n) is 5.12. The van der Waals surface area contributed by atoms with E-state index >= 15 is 0 Å². The second kappa shape index (κ2) is 4.42. The van der Waals surface area contributed by atoms with Gasteiger partial charge in [0.1, 0.15) is 5.52 Å². The fourth-order valence-electron chi connectivity index (χ4n) is 1.46. The lowest BCUT2D eigenvalue weighted by molar-refractivity contribution is 0.501. The van der Waals surface area contributed by atoms with E-state index in [9.17, 15) is 0 Å². The third-order valence-corrected chi connectivity index (χ3v) is 2.26. The smallest absolute Gasteiger partial charge is 0.209 e. The van der Waals surface area contributed by atoms with E-state index in [1.54, 1.807) is 0 Å². The molecule has 0 atom stereocenters.